The molecule has 138 valence electrons. The van der Waals surface area contributed by atoms with Crippen LogP contribution in [0.25, 0.3) is 11.1 Å². The predicted octanol–water partition coefficient (Wildman–Crippen LogP) is 4.49. The molecule has 1 aliphatic rings. The Morgan fingerprint density at radius 3 is 2.62 bits per heavy atom. The number of amides is 1. The van der Waals surface area contributed by atoms with Gasteiger partial charge in [0.1, 0.15) is 5.60 Å². The molecule has 1 aliphatic carbocycles. The Labute approximate surface area is 157 Å². The number of rotatable bonds is 4. The minimum atomic E-state index is -0.553. The molecule has 0 aliphatic heterocycles. The van der Waals surface area contributed by atoms with Crippen molar-refractivity contribution in [2.24, 2.45) is 0 Å². The Hall–Kier alpha value is -2.21. The van der Waals surface area contributed by atoms with Crippen molar-refractivity contribution in [1.29, 1.82) is 0 Å². The smallest absolute Gasteiger partial charge is 0.407 e. The molecular formula is C19H21ClFN3O2. The first-order valence-corrected chi connectivity index (χ1v) is 8.81. The second-order valence-corrected chi connectivity index (χ2v) is 7.96. The number of ether oxygens (including phenoxy) is 1. The lowest BCUT2D eigenvalue weighted by Gasteiger charge is -2.22. The monoisotopic (exact) mass is 377 g/mol. The fourth-order valence-electron chi connectivity index (χ4n) is 2.77. The van der Waals surface area contributed by atoms with Crippen LogP contribution in [-0.2, 0) is 10.2 Å². The van der Waals surface area contributed by atoms with E-state index in [-0.39, 0.29) is 5.41 Å². The molecular weight excluding hydrogens is 357 g/mol. The van der Waals surface area contributed by atoms with E-state index in [0.29, 0.717) is 17.1 Å². The zero-order valence-electron chi connectivity index (χ0n) is 15.0. The van der Waals surface area contributed by atoms with Gasteiger partial charge in [-0.3, -0.25) is 4.98 Å². The summed E-state index contributed by atoms with van der Waals surface area (Å²) in [6, 6.07) is 4.81. The highest BCUT2D eigenvalue weighted by molar-refractivity contribution is 6.31. The summed E-state index contributed by atoms with van der Waals surface area (Å²) in [4.78, 5) is 19.9. The van der Waals surface area contributed by atoms with E-state index in [2.05, 4.69) is 15.3 Å². The number of hydrogen-bond donors (Lipinski definition) is 1. The first-order valence-electron chi connectivity index (χ1n) is 8.43. The van der Waals surface area contributed by atoms with Crippen LogP contribution in [0.15, 0.2) is 30.6 Å². The third-order valence-corrected chi connectivity index (χ3v) is 4.52. The number of alkyl carbamates (subject to hydrolysis) is 1. The Morgan fingerprint density at radius 2 is 2.04 bits per heavy atom. The maximum atomic E-state index is 13.3. The van der Waals surface area contributed by atoms with Crippen molar-refractivity contribution < 1.29 is 13.9 Å². The fraction of sp³-hybridized carbons (Fsp3) is 0.421. The first-order chi connectivity index (χ1) is 12.2. The van der Waals surface area contributed by atoms with Crippen LogP contribution in [0.1, 0.15) is 39.3 Å². The van der Waals surface area contributed by atoms with E-state index in [1.807, 2.05) is 20.8 Å². The molecule has 26 heavy (non-hydrogen) atoms. The van der Waals surface area contributed by atoms with Gasteiger partial charge in [0.05, 0.1) is 10.7 Å². The summed E-state index contributed by atoms with van der Waals surface area (Å²) in [7, 11) is 0. The maximum Gasteiger partial charge on any atom is 0.407 e. The van der Waals surface area contributed by atoms with Gasteiger partial charge in [0.2, 0.25) is 5.95 Å². The van der Waals surface area contributed by atoms with Gasteiger partial charge in [0, 0.05) is 36.0 Å². The topological polar surface area (TPSA) is 64.1 Å². The van der Waals surface area contributed by atoms with Crippen molar-refractivity contribution in [3.63, 3.8) is 0 Å². The van der Waals surface area contributed by atoms with Crippen LogP contribution in [0, 0.1) is 5.95 Å². The third kappa shape index (κ3) is 4.30. The van der Waals surface area contributed by atoms with E-state index in [1.54, 1.807) is 18.3 Å². The number of nitrogens with one attached hydrogen (secondary N) is 1. The molecule has 0 saturated heterocycles. The van der Waals surface area contributed by atoms with E-state index in [1.165, 1.54) is 12.3 Å². The summed E-state index contributed by atoms with van der Waals surface area (Å²) in [5, 5.41) is 3.31. The van der Waals surface area contributed by atoms with E-state index in [9.17, 15) is 9.18 Å². The van der Waals surface area contributed by atoms with Crippen LogP contribution in [0.3, 0.4) is 0 Å². The fourth-order valence-corrected chi connectivity index (χ4v) is 3.14. The molecule has 0 radical (unpaired) electrons. The molecule has 0 atom stereocenters. The lowest BCUT2D eigenvalue weighted by atomic mass is 10.00. The van der Waals surface area contributed by atoms with Gasteiger partial charge < -0.3 is 10.1 Å². The van der Waals surface area contributed by atoms with Crippen molar-refractivity contribution in [3.05, 3.63) is 47.3 Å². The average molecular weight is 378 g/mol. The minimum Gasteiger partial charge on any atom is -0.444 e. The zero-order valence-corrected chi connectivity index (χ0v) is 15.7. The van der Waals surface area contributed by atoms with Crippen LogP contribution >= 0.6 is 11.6 Å². The van der Waals surface area contributed by atoms with Gasteiger partial charge in [-0.1, -0.05) is 11.6 Å². The minimum absolute atomic E-state index is 0.268. The van der Waals surface area contributed by atoms with E-state index in [0.717, 1.165) is 24.1 Å². The summed E-state index contributed by atoms with van der Waals surface area (Å²) in [6.45, 7) is 5.87. The normalized spacial score (nSPS) is 15.4. The summed E-state index contributed by atoms with van der Waals surface area (Å²) in [6.07, 6.45) is 4.39. The Balaban J connectivity index is 1.74. The van der Waals surface area contributed by atoms with E-state index >= 15 is 0 Å². The number of carbonyl (C=O) groups is 1. The molecule has 0 spiro atoms. The van der Waals surface area contributed by atoms with Gasteiger partial charge in [0.25, 0.3) is 0 Å². The largest absolute Gasteiger partial charge is 0.444 e. The van der Waals surface area contributed by atoms with E-state index < -0.39 is 17.6 Å². The van der Waals surface area contributed by atoms with Crippen LogP contribution < -0.4 is 5.32 Å². The molecule has 7 heteroatoms. The molecule has 3 rings (SSSR count). The summed E-state index contributed by atoms with van der Waals surface area (Å²) in [5.41, 5.74) is 1.31. The number of carbonyl (C=O) groups excluding carboxylic acids is 1. The van der Waals surface area contributed by atoms with Crippen LogP contribution in [0.2, 0.25) is 5.02 Å². The van der Waals surface area contributed by atoms with Gasteiger partial charge >= 0.3 is 6.09 Å². The molecule has 1 N–H and O–H groups in total. The van der Waals surface area contributed by atoms with Crippen LogP contribution in [0.5, 0.6) is 0 Å². The van der Waals surface area contributed by atoms with Gasteiger partial charge in [-0.2, -0.15) is 4.39 Å². The Kier molecular flexibility index (Phi) is 4.88. The van der Waals surface area contributed by atoms with Crippen molar-refractivity contribution in [1.82, 2.24) is 15.3 Å². The van der Waals surface area contributed by atoms with Crippen molar-refractivity contribution >= 4 is 17.7 Å². The van der Waals surface area contributed by atoms with Gasteiger partial charge in [-0.25, -0.2) is 9.78 Å². The molecule has 2 aromatic rings. The molecule has 5 nitrogen and oxygen atoms in total. The van der Waals surface area contributed by atoms with Gasteiger partial charge in [0.15, 0.2) is 0 Å². The molecule has 2 aromatic heterocycles. The standard InChI is InChI=1S/C19H21ClFN3O2/c1-18(2,3)26-17(25)24-11-19(5-6-19)16-14(20)8-13(10-23-16)12-4-7-22-15(21)9-12/h4,7-10H,5-6,11H2,1-3H3,(H,24,25). The summed E-state index contributed by atoms with van der Waals surface area (Å²) >= 11 is 6.45. The predicted molar refractivity (Wildman–Crippen MR) is 97.6 cm³/mol. The second kappa shape index (κ2) is 6.83. The number of hydrogen-bond acceptors (Lipinski definition) is 4. The van der Waals surface area contributed by atoms with Crippen molar-refractivity contribution in [3.8, 4) is 11.1 Å². The van der Waals surface area contributed by atoms with Crippen molar-refractivity contribution in [2.75, 3.05) is 6.54 Å². The molecule has 0 bridgehead atoms. The van der Waals surface area contributed by atoms with Gasteiger partial charge in [-0.15, -0.1) is 0 Å². The second-order valence-electron chi connectivity index (χ2n) is 7.56. The molecule has 0 unspecified atom stereocenters. The molecule has 1 saturated carbocycles. The average Bonchev–Trinajstić information content (AvgIpc) is 3.32. The highest BCUT2D eigenvalue weighted by Crippen LogP contribution is 2.49. The Morgan fingerprint density at radius 1 is 1.31 bits per heavy atom. The van der Waals surface area contributed by atoms with Crippen molar-refractivity contribution in [2.45, 2.75) is 44.6 Å². The quantitative estimate of drug-likeness (QED) is 0.797. The van der Waals surface area contributed by atoms with Crippen LogP contribution in [-0.4, -0.2) is 28.2 Å². The maximum absolute atomic E-state index is 13.3. The van der Waals surface area contributed by atoms with Gasteiger partial charge in [-0.05, 0) is 51.3 Å². The highest BCUT2D eigenvalue weighted by atomic mass is 35.5. The summed E-state index contributed by atoms with van der Waals surface area (Å²) < 4.78 is 18.6. The number of nitrogens with zero attached hydrogens (tertiary/aromatic N) is 2. The molecule has 1 amide bonds. The SMILES string of the molecule is CC(C)(C)OC(=O)NCC1(c2ncc(-c3ccnc(F)c3)cc2Cl)CC1. The number of pyridine rings is 2. The Bertz CT molecular complexity index is 832. The molecule has 0 aromatic carbocycles. The number of halogens is 2. The zero-order chi connectivity index (χ0) is 18.9. The molecule has 1 fully saturated rings. The molecule has 2 heterocycles. The lowest BCUT2D eigenvalue weighted by Crippen LogP contribution is -2.37. The highest BCUT2D eigenvalue weighted by Gasteiger charge is 2.47. The summed E-state index contributed by atoms with van der Waals surface area (Å²) in [5.74, 6) is -0.553. The van der Waals surface area contributed by atoms with E-state index in [4.69, 9.17) is 16.3 Å². The first kappa shape index (κ1) is 18.6. The van der Waals surface area contributed by atoms with Crippen LogP contribution in [0.4, 0.5) is 9.18 Å². The number of aromatic nitrogens is 2. The lowest BCUT2D eigenvalue weighted by molar-refractivity contribution is 0.0522. The third-order valence-electron chi connectivity index (χ3n) is 4.23.